The third-order valence-corrected chi connectivity index (χ3v) is 2.35. The molecule has 0 aliphatic carbocycles. The van der Waals surface area contributed by atoms with E-state index in [1.54, 1.807) is 0 Å². The summed E-state index contributed by atoms with van der Waals surface area (Å²) in [6.45, 7) is 2.54. The largest absolute Gasteiger partial charge is 0.368 e. The minimum atomic E-state index is -0.175. The van der Waals surface area contributed by atoms with Crippen molar-refractivity contribution in [3.8, 4) is 0 Å². The summed E-state index contributed by atoms with van der Waals surface area (Å²) >= 11 is 0. The molecule has 2 rings (SSSR count). The molecule has 1 amide bonds. The van der Waals surface area contributed by atoms with Gasteiger partial charge in [-0.3, -0.25) is 4.79 Å². The third-order valence-electron chi connectivity index (χ3n) is 2.35. The number of carbonyl (C=O) groups excluding carboxylic acids is 1. The first kappa shape index (κ1) is 8.01. The van der Waals surface area contributed by atoms with E-state index in [4.69, 9.17) is 4.74 Å². The van der Waals surface area contributed by atoms with Gasteiger partial charge in [0.15, 0.2) is 0 Å². The maximum absolute atomic E-state index is 11.4. The smallest absolute Gasteiger partial charge is 0.249 e. The van der Waals surface area contributed by atoms with E-state index >= 15 is 0 Å². The molecule has 2 aliphatic rings. The Morgan fingerprint density at radius 3 is 2.83 bits per heavy atom. The molecule has 2 N–H and O–H groups in total. The van der Waals surface area contributed by atoms with Crippen molar-refractivity contribution in [2.75, 3.05) is 19.7 Å². The average molecular weight is 170 g/mol. The molecule has 0 aromatic heterocycles. The molecule has 0 aromatic rings. The summed E-state index contributed by atoms with van der Waals surface area (Å²) in [5.41, 5.74) is 0. The van der Waals surface area contributed by atoms with E-state index in [1.165, 1.54) is 0 Å². The molecule has 0 radical (unpaired) electrons. The Hall–Kier alpha value is -0.610. The number of amides is 1. The van der Waals surface area contributed by atoms with Crippen LogP contribution in [0.25, 0.3) is 0 Å². The first-order valence-corrected chi connectivity index (χ1v) is 4.49. The van der Waals surface area contributed by atoms with Crippen molar-refractivity contribution >= 4 is 5.91 Å². The van der Waals surface area contributed by atoms with Gasteiger partial charge in [0.25, 0.3) is 0 Å². The van der Waals surface area contributed by atoms with E-state index in [0.29, 0.717) is 6.04 Å². The summed E-state index contributed by atoms with van der Waals surface area (Å²) in [6, 6.07) is 0.335. The lowest BCUT2D eigenvalue weighted by Crippen LogP contribution is -2.58. The zero-order chi connectivity index (χ0) is 8.39. The second-order valence-corrected chi connectivity index (χ2v) is 3.37. The van der Waals surface area contributed by atoms with Crippen LogP contribution in [-0.2, 0) is 9.53 Å². The van der Waals surface area contributed by atoms with Gasteiger partial charge in [-0.15, -0.1) is 0 Å². The van der Waals surface area contributed by atoms with Gasteiger partial charge in [-0.2, -0.15) is 0 Å². The van der Waals surface area contributed by atoms with Gasteiger partial charge >= 0.3 is 0 Å². The molecule has 68 valence electrons. The van der Waals surface area contributed by atoms with Crippen LogP contribution in [0.5, 0.6) is 0 Å². The standard InChI is InChI=1S/C8H14N2O2/c11-8(7-2-1-3-12-7)10-6-4-9-5-6/h6-7,9H,1-5H2,(H,10,11)/t7-/m1/s1. The Morgan fingerprint density at radius 2 is 2.33 bits per heavy atom. The summed E-state index contributed by atoms with van der Waals surface area (Å²) in [5, 5.41) is 6.03. The van der Waals surface area contributed by atoms with Crippen LogP contribution in [0.15, 0.2) is 0 Å². The molecule has 0 spiro atoms. The van der Waals surface area contributed by atoms with Crippen molar-refractivity contribution in [3.05, 3.63) is 0 Å². The molecule has 12 heavy (non-hydrogen) atoms. The van der Waals surface area contributed by atoms with Crippen LogP contribution in [0, 0.1) is 0 Å². The van der Waals surface area contributed by atoms with Crippen LogP contribution in [0.1, 0.15) is 12.8 Å². The Balaban J connectivity index is 1.74. The maximum atomic E-state index is 11.4. The van der Waals surface area contributed by atoms with Gasteiger partial charge in [-0.25, -0.2) is 0 Å². The fourth-order valence-electron chi connectivity index (χ4n) is 1.47. The Morgan fingerprint density at radius 1 is 1.50 bits per heavy atom. The van der Waals surface area contributed by atoms with E-state index < -0.39 is 0 Å². The minimum Gasteiger partial charge on any atom is -0.368 e. The molecule has 4 heteroatoms. The van der Waals surface area contributed by atoms with Gasteiger partial charge < -0.3 is 15.4 Å². The molecule has 2 saturated heterocycles. The van der Waals surface area contributed by atoms with Gasteiger partial charge in [-0.05, 0) is 12.8 Å². The highest BCUT2D eigenvalue weighted by Crippen LogP contribution is 2.12. The monoisotopic (exact) mass is 170 g/mol. The van der Waals surface area contributed by atoms with Crippen molar-refractivity contribution in [1.29, 1.82) is 0 Å². The number of ether oxygens (including phenoxy) is 1. The molecule has 4 nitrogen and oxygen atoms in total. The minimum absolute atomic E-state index is 0.0685. The summed E-state index contributed by atoms with van der Waals surface area (Å²) < 4.78 is 5.25. The predicted octanol–water partition coefficient (Wildman–Crippen LogP) is -0.747. The van der Waals surface area contributed by atoms with Gasteiger partial charge in [0.05, 0.1) is 6.04 Å². The summed E-state index contributed by atoms with van der Waals surface area (Å²) in [7, 11) is 0. The lowest BCUT2D eigenvalue weighted by molar-refractivity contribution is -0.131. The fourth-order valence-corrected chi connectivity index (χ4v) is 1.47. The van der Waals surface area contributed by atoms with E-state index in [1.807, 2.05) is 0 Å². The topological polar surface area (TPSA) is 50.4 Å². The Bertz CT molecular complexity index is 174. The molecule has 1 atom stereocenters. The lowest BCUT2D eigenvalue weighted by Gasteiger charge is -2.28. The van der Waals surface area contributed by atoms with E-state index in [2.05, 4.69) is 10.6 Å². The summed E-state index contributed by atoms with van der Waals surface area (Å²) in [4.78, 5) is 11.4. The van der Waals surface area contributed by atoms with Crippen molar-refractivity contribution < 1.29 is 9.53 Å². The number of carbonyl (C=O) groups is 1. The van der Waals surface area contributed by atoms with Gasteiger partial charge in [0.2, 0.25) is 5.91 Å². The zero-order valence-electron chi connectivity index (χ0n) is 7.01. The SMILES string of the molecule is O=C(NC1CNC1)[C@H]1CCCO1. The number of nitrogens with one attached hydrogen (secondary N) is 2. The highest BCUT2D eigenvalue weighted by Gasteiger charge is 2.27. The molecular weight excluding hydrogens is 156 g/mol. The molecule has 2 fully saturated rings. The number of hydrogen-bond donors (Lipinski definition) is 2. The van der Waals surface area contributed by atoms with Crippen LogP contribution < -0.4 is 10.6 Å². The first-order valence-electron chi connectivity index (χ1n) is 4.49. The number of rotatable bonds is 2. The zero-order valence-corrected chi connectivity index (χ0v) is 7.01. The average Bonchev–Trinajstić information content (AvgIpc) is 2.47. The summed E-state index contributed by atoms with van der Waals surface area (Å²) in [6.07, 6.45) is 1.72. The molecule has 0 unspecified atom stereocenters. The van der Waals surface area contributed by atoms with E-state index in [-0.39, 0.29) is 12.0 Å². The van der Waals surface area contributed by atoms with Gasteiger partial charge in [0, 0.05) is 19.7 Å². The van der Waals surface area contributed by atoms with Crippen LogP contribution in [-0.4, -0.2) is 37.7 Å². The molecule has 0 saturated carbocycles. The van der Waals surface area contributed by atoms with Crippen molar-refractivity contribution in [2.24, 2.45) is 0 Å². The Labute approximate surface area is 71.7 Å². The van der Waals surface area contributed by atoms with Crippen molar-refractivity contribution in [2.45, 2.75) is 25.0 Å². The first-order chi connectivity index (χ1) is 5.86. The molecule has 2 aliphatic heterocycles. The molecule has 2 heterocycles. The highest BCUT2D eigenvalue weighted by molar-refractivity contribution is 5.81. The molecule has 0 bridgehead atoms. The molecule has 0 aromatic carbocycles. The highest BCUT2D eigenvalue weighted by atomic mass is 16.5. The van der Waals surface area contributed by atoms with Crippen LogP contribution in [0.3, 0.4) is 0 Å². The Kier molecular flexibility index (Phi) is 2.28. The predicted molar refractivity (Wildman–Crippen MR) is 43.8 cm³/mol. The van der Waals surface area contributed by atoms with Crippen LogP contribution in [0.2, 0.25) is 0 Å². The quantitative estimate of drug-likeness (QED) is 0.573. The van der Waals surface area contributed by atoms with Gasteiger partial charge in [0.1, 0.15) is 6.10 Å². The van der Waals surface area contributed by atoms with E-state index in [9.17, 15) is 4.79 Å². The maximum Gasteiger partial charge on any atom is 0.249 e. The van der Waals surface area contributed by atoms with Crippen molar-refractivity contribution in [3.63, 3.8) is 0 Å². The normalized spacial score (nSPS) is 29.8. The second-order valence-electron chi connectivity index (χ2n) is 3.37. The third kappa shape index (κ3) is 1.59. The van der Waals surface area contributed by atoms with E-state index in [0.717, 1.165) is 32.5 Å². The van der Waals surface area contributed by atoms with Crippen LogP contribution >= 0.6 is 0 Å². The number of hydrogen-bond acceptors (Lipinski definition) is 3. The summed E-state index contributed by atoms with van der Waals surface area (Å²) in [5.74, 6) is 0.0685. The second kappa shape index (κ2) is 3.41. The fraction of sp³-hybridized carbons (Fsp3) is 0.875. The lowest BCUT2D eigenvalue weighted by atomic mass is 10.1. The molecular formula is C8H14N2O2. The van der Waals surface area contributed by atoms with Crippen LogP contribution in [0.4, 0.5) is 0 Å². The van der Waals surface area contributed by atoms with Gasteiger partial charge in [-0.1, -0.05) is 0 Å². The van der Waals surface area contributed by atoms with Crippen molar-refractivity contribution in [1.82, 2.24) is 10.6 Å².